The van der Waals surface area contributed by atoms with E-state index in [-0.39, 0.29) is 0 Å². The maximum atomic E-state index is 6.25. The van der Waals surface area contributed by atoms with Gasteiger partial charge in [0, 0.05) is 11.9 Å². The Morgan fingerprint density at radius 1 is 0.935 bits per heavy atom. The average Bonchev–Trinajstić information content (AvgIpc) is 2.79. The van der Waals surface area contributed by atoms with Crippen molar-refractivity contribution in [2.45, 2.75) is 57.3 Å². The number of unbranched alkanes of at least 4 members (excludes halogenated alkanes) is 1. The van der Waals surface area contributed by atoms with Crippen molar-refractivity contribution in [3.05, 3.63) is 57.6 Å². The lowest BCUT2D eigenvalue weighted by atomic mass is 9.97. The molecule has 0 amide bonds. The van der Waals surface area contributed by atoms with E-state index in [0.29, 0.717) is 21.9 Å². The lowest BCUT2D eigenvalue weighted by molar-refractivity contribution is 0.112. The van der Waals surface area contributed by atoms with E-state index in [4.69, 9.17) is 27.9 Å². The van der Waals surface area contributed by atoms with Crippen molar-refractivity contribution in [3.8, 4) is 11.1 Å². The predicted molar refractivity (Wildman–Crippen MR) is 138 cm³/mol. The molecule has 1 atom stereocenters. The predicted octanol–water partition coefficient (Wildman–Crippen LogP) is 7.74. The molecule has 2 aromatic carbocycles. The molecule has 0 radical (unpaired) electrons. The molecule has 0 spiro atoms. The van der Waals surface area contributed by atoms with Gasteiger partial charge in [0.25, 0.3) is 0 Å². The number of piperidine rings is 1. The summed E-state index contributed by atoms with van der Waals surface area (Å²) < 4.78 is 6.13. The Kier molecular flexibility index (Phi) is 10.5. The summed E-state index contributed by atoms with van der Waals surface area (Å²) in [4.78, 5) is 2.60. The number of benzene rings is 2. The maximum absolute atomic E-state index is 6.25. The zero-order valence-corrected chi connectivity index (χ0v) is 21.2. The van der Waals surface area contributed by atoms with Gasteiger partial charge in [-0.2, -0.15) is 11.8 Å². The van der Waals surface area contributed by atoms with Crippen LogP contribution in [0.5, 0.6) is 0 Å². The number of hydrogen-bond acceptors (Lipinski definition) is 3. The van der Waals surface area contributed by atoms with Crippen molar-refractivity contribution in [1.29, 1.82) is 0 Å². The Morgan fingerprint density at radius 2 is 1.68 bits per heavy atom. The van der Waals surface area contributed by atoms with E-state index in [0.717, 1.165) is 30.6 Å². The van der Waals surface area contributed by atoms with Gasteiger partial charge in [0.05, 0.1) is 16.7 Å². The number of rotatable bonds is 11. The third-order valence-electron chi connectivity index (χ3n) is 6.09. The molecular weight excluding hydrogens is 445 g/mol. The molecule has 1 saturated heterocycles. The van der Waals surface area contributed by atoms with Gasteiger partial charge >= 0.3 is 0 Å². The van der Waals surface area contributed by atoms with Crippen molar-refractivity contribution in [2.24, 2.45) is 0 Å². The normalized spacial score (nSPS) is 15.9. The minimum atomic E-state index is 0.583. The number of thioether (sulfide) groups is 1. The van der Waals surface area contributed by atoms with E-state index in [1.807, 2.05) is 30.0 Å². The Morgan fingerprint density at radius 3 is 2.42 bits per heavy atom. The van der Waals surface area contributed by atoms with Gasteiger partial charge in [-0.05, 0) is 98.4 Å². The summed E-state index contributed by atoms with van der Waals surface area (Å²) in [6.45, 7) is 7.53. The van der Waals surface area contributed by atoms with E-state index in [1.165, 1.54) is 56.4 Å². The molecule has 0 aromatic heterocycles. The van der Waals surface area contributed by atoms with Gasteiger partial charge in [-0.25, -0.2) is 0 Å². The molecule has 5 heteroatoms. The van der Waals surface area contributed by atoms with Gasteiger partial charge in [0.2, 0.25) is 0 Å². The van der Waals surface area contributed by atoms with Crippen LogP contribution in [-0.2, 0) is 17.8 Å². The monoisotopic (exact) mass is 479 g/mol. The molecule has 0 saturated carbocycles. The third-order valence-corrected chi connectivity index (χ3v) is 7.80. The minimum absolute atomic E-state index is 0.583. The van der Waals surface area contributed by atoms with E-state index >= 15 is 0 Å². The highest BCUT2D eigenvalue weighted by molar-refractivity contribution is 7.99. The van der Waals surface area contributed by atoms with Gasteiger partial charge in [-0.15, -0.1) is 0 Å². The van der Waals surface area contributed by atoms with Crippen LogP contribution in [0, 0.1) is 0 Å². The first kappa shape index (κ1) is 24.9. The molecular formula is C26H35Cl2NOS. The van der Waals surface area contributed by atoms with Crippen LogP contribution in [-0.4, -0.2) is 42.6 Å². The molecule has 1 heterocycles. The van der Waals surface area contributed by atoms with Crippen LogP contribution in [0.15, 0.2) is 36.4 Å². The highest BCUT2D eigenvalue weighted by Gasteiger charge is 2.11. The smallest absolute Gasteiger partial charge is 0.0719 e. The van der Waals surface area contributed by atoms with Gasteiger partial charge in [0.1, 0.15) is 0 Å². The average molecular weight is 481 g/mol. The molecule has 2 aromatic rings. The number of ether oxygens (including phenoxy) is 1. The molecule has 0 aliphatic carbocycles. The summed E-state index contributed by atoms with van der Waals surface area (Å²) in [5.41, 5.74) is 4.89. The summed E-state index contributed by atoms with van der Waals surface area (Å²) in [6, 6.07) is 12.5. The van der Waals surface area contributed by atoms with Gasteiger partial charge < -0.3 is 9.64 Å². The molecule has 1 aliphatic rings. The van der Waals surface area contributed by atoms with Gasteiger partial charge in [-0.1, -0.05) is 54.7 Å². The first-order valence-corrected chi connectivity index (χ1v) is 13.5. The van der Waals surface area contributed by atoms with Crippen molar-refractivity contribution >= 4 is 35.0 Å². The second-order valence-electron chi connectivity index (χ2n) is 8.52. The molecule has 3 rings (SSSR count). The number of halogens is 2. The maximum Gasteiger partial charge on any atom is 0.0719 e. The van der Waals surface area contributed by atoms with Crippen LogP contribution in [0.2, 0.25) is 10.0 Å². The SMILES string of the molecule is CSC(C)Cc1ccc(-c2ccc(Cl)c(Cl)c2)cc1COCCCCN1CCCCC1. The molecule has 2 nitrogen and oxygen atoms in total. The van der Waals surface area contributed by atoms with Crippen LogP contribution in [0.1, 0.15) is 50.2 Å². The van der Waals surface area contributed by atoms with Crippen LogP contribution < -0.4 is 0 Å². The second-order valence-corrected chi connectivity index (χ2v) is 10.6. The third kappa shape index (κ3) is 7.98. The molecule has 1 fully saturated rings. The fraction of sp³-hybridized carbons (Fsp3) is 0.538. The van der Waals surface area contributed by atoms with E-state index in [1.54, 1.807) is 0 Å². The van der Waals surface area contributed by atoms with Gasteiger partial charge in [0.15, 0.2) is 0 Å². The lowest BCUT2D eigenvalue weighted by Gasteiger charge is -2.26. The summed E-state index contributed by atoms with van der Waals surface area (Å²) in [5.74, 6) is 0. The highest BCUT2D eigenvalue weighted by Crippen LogP contribution is 2.30. The molecule has 170 valence electrons. The Balaban J connectivity index is 1.59. The molecule has 31 heavy (non-hydrogen) atoms. The Bertz CT molecular complexity index is 823. The van der Waals surface area contributed by atoms with Crippen molar-refractivity contribution in [3.63, 3.8) is 0 Å². The number of hydrogen-bond donors (Lipinski definition) is 0. The summed E-state index contributed by atoms with van der Waals surface area (Å²) in [6.07, 6.45) is 9.70. The summed E-state index contributed by atoms with van der Waals surface area (Å²) in [5, 5.41) is 1.76. The van der Waals surface area contributed by atoms with E-state index in [2.05, 4.69) is 36.3 Å². The Labute approximate surface area is 202 Å². The number of likely N-dealkylation sites (tertiary alicyclic amines) is 1. The van der Waals surface area contributed by atoms with Crippen LogP contribution in [0.25, 0.3) is 11.1 Å². The number of nitrogens with zero attached hydrogens (tertiary/aromatic N) is 1. The summed E-state index contributed by atoms with van der Waals surface area (Å²) in [7, 11) is 0. The first-order valence-electron chi connectivity index (χ1n) is 11.5. The fourth-order valence-electron chi connectivity index (χ4n) is 4.11. The quantitative estimate of drug-likeness (QED) is 0.305. The molecule has 1 aliphatic heterocycles. The second kappa shape index (κ2) is 13.1. The topological polar surface area (TPSA) is 12.5 Å². The minimum Gasteiger partial charge on any atom is -0.377 e. The highest BCUT2D eigenvalue weighted by atomic mass is 35.5. The molecule has 0 N–H and O–H groups in total. The zero-order chi connectivity index (χ0) is 22.1. The first-order chi connectivity index (χ1) is 15.1. The van der Waals surface area contributed by atoms with Gasteiger partial charge in [-0.3, -0.25) is 0 Å². The van der Waals surface area contributed by atoms with Crippen molar-refractivity contribution in [1.82, 2.24) is 4.90 Å². The van der Waals surface area contributed by atoms with Crippen molar-refractivity contribution < 1.29 is 4.74 Å². The standard InChI is InChI=1S/C26H35Cl2NOS/c1-20(31-2)16-21-8-9-22(23-10-11-25(27)26(28)18-23)17-24(21)19-30-15-7-6-14-29-12-4-3-5-13-29/h8-11,17-18,20H,3-7,12-16,19H2,1-2H3. The fourth-order valence-corrected chi connectivity index (χ4v) is 4.76. The van der Waals surface area contributed by atoms with E-state index in [9.17, 15) is 0 Å². The largest absolute Gasteiger partial charge is 0.377 e. The molecule has 1 unspecified atom stereocenters. The molecule has 0 bridgehead atoms. The summed E-state index contributed by atoms with van der Waals surface area (Å²) >= 11 is 14.3. The van der Waals surface area contributed by atoms with E-state index < -0.39 is 0 Å². The van der Waals surface area contributed by atoms with Crippen molar-refractivity contribution in [2.75, 3.05) is 32.5 Å². The van der Waals surface area contributed by atoms with Crippen LogP contribution in [0.4, 0.5) is 0 Å². The zero-order valence-electron chi connectivity index (χ0n) is 18.8. The Hall–Kier alpha value is -0.710. The van der Waals surface area contributed by atoms with Crippen LogP contribution in [0.3, 0.4) is 0 Å². The van der Waals surface area contributed by atoms with Crippen LogP contribution >= 0.6 is 35.0 Å². The lowest BCUT2D eigenvalue weighted by Crippen LogP contribution is -2.30.